The maximum Gasteiger partial charge on any atom is 0.0996 e. The number of aliphatic hydroxyl groups is 1. The van der Waals surface area contributed by atoms with Gasteiger partial charge in [0, 0.05) is 19.7 Å². The van der Waals surface area contributed by atoms with Gasteiger partial charge in [-0.05, 0) is 36.6 Å². The van der Waals surface area contributed by atoms with Gasteiger partial charge in [0.1, 0.15) is 0 Å². The molecular weight excluding hydrogens is 212 g/mol. The fourth-order valence-corrected chi connectivity index (χ4v) is 1.97. The third-order valence-electron chi connectivity index (χ3n) is 3.20. The lowest BCUT2D eigenvalue weighted by Crippen LogP contribution is -2.08. The average Bonchev–Trinajstić information content (AvgIpc) is 2.70. The number of rotatable bonds is 3. The van der Waals surface area contributed by atoms with Gasteiger partial charge in [0.15, 0.2) is 0 Å². The molecular formula is C14H18N2O. The van der Waals surface area contributed by atoms with Crippen molar-refractivity contribution in [1.29, 1.82) is 0 Å². The van der Waals surface area contributed by atoms with Crippen LogP contribution in [0, 0.1) is 13.8 Å². The van der Waals surface area contributed by atoms with Crippen molar-refractivity contribution in [1.82, 2.24) is 9.78 Å². The number of aromatic nitrogens is 2. The minimum absolute atomic E-state index is 0.496. The van der Waals surface area contributed by atoms with Crippen LogP contribution >= 0.6 is 0 Å². The first-order valence-corrected chi connectivity index (χ1v) is 5.80. The Labute approximate surface area is 102 Å². The van der Waals surface area contributed by atoms with Crippen molar-refractivity contribution in [2.45, 2.75) is 26.4 Å². The number of hydrogen-bond donors (Lipinski definition) is 1. The van der Waals surface area contributed by atoms with Crippen molar-refractivity contribution in [2.75, 3.05) is 0 Å². The van der Waals surface area contributed by atoms with E-state index in [1.165, 1.54) is 11.1 Å². The van der Waals surface area contributed by atoms with E-state index in [2.05, 4.69) is 37.1 Å². The highest BCUT2D eigenvalue weighted by atomic mass is 16.3. The Morgan fingerprint density at radius 3 is 2.59 bits per heavy atom. The monoisotopic (exact) mass is 230 g/mol. The summed E-state index contributed by atoms with van der Waals surface area (Å²) in [7, 11) is 1.85. The van der Waals surface area contributed by atoms with E-state index in [0.717, 1.165) is 11.3 Å². The average molecular weight is 230 g/mol. The van der Waals surface area contributed by atoms with Gasteiger partial charge < -0.3 is 5.11 Å². The lowest BCUT2D eigenvalue weighted by molar-refractivity contribution is 0.168. The first-order valence-electron chi connectivity index (χ1n) is 5.80. The van der Waals surface area contributed by atoms with E-state index in [-0.39, 0.29) is 0 Å². The van der Waals surface area contributed by atoms with Crippen LogP contribution in [0.2, 0.25) is 0 Å². The van der Waals surface area contributed by atoms with Gasteiger partial charge in [-0.1, -0.05) is 18.2 Å². The van der Waals surface area contributed by atoms with Crippen LogP contribution in [-0.4, -0.2) is 14.9 Å². The second kappa shape index (κ2) is 4.72. The smallest absolute Gasteiger partial charge is 0.0996 e. The molecule has 2 rings (SSSR count). The second-order valence-electron chi connectivity index (χ2n) is 4.52. The van der Waals surface area contributed by atoms with Gasteiger partial charge in [-0.3, -0.25) is 4.68 Å². The first kappa shape index (κ1) is 11.9. The first-order chi connectivity index (χ1) is 8.08. The zero-order chi connectivity index (χ0) is 12.4. The fourth-order valence-electron chi connectivity index (χ4n) is 1.97. The van der Waals surface area contributed by atoms with Crippen molar-refractivity contribution in [2.24, 2.45) is 7.05 Å². The molecule has 0 bridgehead atoms. The summed E-state index contributed by atoms with van der Waals surface area (Å²) in [5.74, 6) is 0. The SMILES string of the molecule is Cc1ccc(CC(O)c2ccnn2C)cc1C. The summed E-state index contributed by atoms with van der Waals surface area (Å²) >= 11 is 0. The van der Waals surface area contributed by atoms with E-state index >= 15 is 0 Å². The molecule has 0 fully saturated rings. The Morgan fingerprint density at radius 1 is 1.24 bits per heavy atom. The van der Waals surface area contributed by atoms with Crippen LogP contribution in [0.5, 0.6) is 0 Å². The van der Waals surface area contributed by atoms with Gasteiger partial charge in [-0.2, -0.15) is 5.10 Å². The van der Waals surface area contributed by atoms with Crippen LogP contribution in [0.3, 0.4) is 0 Å². The van der Waals surface area contributed by atoms with Crippen molar-refractivity contribution in [3.05, 3.63) is 52.8 Å². The Kier molecular flexibility index (Phi) is 3.29. The number of hydrogen-bond acceptors (Lipinski definition) is 2. The summed E-state index contributed by atoms with van der Waals surface area (Å²) in [5.41, 5.74) is 4.55. The predicted molar refractivity (Wildman–Crippen MR) is 67.8 cm³/mol. The van der Waals surface area contributed by atoms with Crippen LogP contribution in [0.1, 0.15) is 28.5 Å². The van der Waals surface area contributed by atoms with Gasteiger partial charge in [-0.25, -0.2) is 0 Å². The summed E-state index contributed by atoms with van der Waals surface area (Å²) < 4.78 is 1.71. The standard InChI is InChI=1S/C14H18N2O/c1-10-4-5-12(8-11(10)2)9-14(17)13-6-7-15-16(13)3/h4-8,14,17H,9H2,1-3H3. The van der Waals surface area contributed by atoms with E-state index in [9.17, 15) is 5.11 Å². The van der Waals surface area contributed by atoms with E-state index in [1.54, 1.807) is 10.9 Å². The number of benzene rings is 1. The minimum Gasteiger partial charge on any atom is -0.386 e. The van der Waals surface area contributed by atoms with Crippen molar-refractivity contribution >= 4 is 0 Å². The third-order valence-corrected chi connectivity index (χ3v) is 3.20. The number of aliphatic hydroxyl groups excluding tert-OH is 1. The summed E-state index contributed by atoms with van der Waals surface area (Å²) in [5, 5.41) is 14.2. The van der Waals surface area contributed by atoms with Crippen molar-refractivity contribution in [3.8, 4) is 0 Å². The molecule has 0 aliphatic carbocycles. The largest absolute Gasteiger partial charge is 0.386 e. The third kappa shape index (κ3) is 2.56. The molecule has 0 aliphatic rings. The van der Waals surface area contributed by atoms with E-state index in [0.29, 0.717) is 6.42 Å². The molecule has 17 heavy (non-hydrogen) atoms. The van der Waals surface area contributed by atoms with Crippen molar-refractivity contribution < 1.29 is 5.11 Å². The topological polar surface area (TPSA) is 38.1 Å². The molecule has 0 spiro atoms. The molecule has 3 nitrogen and oxygen atoms in total. The maximum absolute atomic E-state index is 10.1. The molecule has 90 valence electrons. The summed E-state index contributed by atoms with van der Waals surface area (Å²) in [6, 6.07) is 8.16. The van der Waals surface area contributed by atoms with Crippen LogP contribution < -0.4 is 0 Å². The predicted octanol–water partition coefficient (Wildman–Crippen LogP) is 2.31. The lowest BCUT2D eigenvalue weighted by Gasteiger charge is -2.12. The van der Waals surface area contributed by atoms with E-state index in [4.69, 9.17) is 0 Å². The van der Waals surface area contributed by atoms with Gasteiger partial charge in [0.2, 0.25) is 0 Å². The molecule has 0 radical (unpaired) electrons. The summed E-state index contributed by atoms with van der Waals surface area (Å²) in [4.78, 5) is 0. The fraction of sp³-hybridized carbons (Fsp3) is 0.357. The molecule has 1 N–H and O–H groups in total. The molecule has 1 atom stereocenters. The zero-order valence-corrected chi connectivity index (χ0v) is 10.5. The molecule has 0 aliphatic heterocycles. The Hall–Kier alpha value is -1.61. The summed E-state index contributed by atoms with van der Waals surface area (Å²) in [6.07, 6.45) is 1.84. The maximum atomic E-state index is 10.1. The second-order valence-corrected chi connectivity index (χ2v) is 4.52. The van der Waals surface area contributed by atoms with Crippen molar-refractivity contribution in [3.63, 3.8) is 0 Å². The van der Waals surface area contributed by atoms with Crippen LogP contribution in [0.25, 0.3) is 0 Å². The zero-order valence-electron chi connectivity index (χ0n) is 10.5. The number of aryl methyl sites for hydroxylation is 3. The Morgan fingerprint density at radius 2 is 2.00 bits per heavy atom. The molecule has 1 aromatic heterocycles. The molecule has 0 saturated carbocycles. The molecule has 0 amide bonds. The molecule has 2 aromatic rings. The van der Waals surface area contributed by atoms with Gasteiger partial charge in [0.25, 0.3) is 0 Å². The highest BCUT2D eigenvalue weighted by molar-refractivity contribution is 5.30. The normalized spacial score (nSPS) is 12.7. The summed E-state index contributed by atoms with van der Waals surface area (Å²) in [6.45, 7) is 4.19. The highest BCUT2D eigenvalue weighted by Gasteiger charge is 2.12. The van der Waals surface area contributed by atoms with Gasteiger partial charge >= 0.3 is 0 Å². The van der Waals surface area contributed by atoms with E-state index < -0.39 is 6.10 Å². The molecule has 0 saturated heterocycles. The Bertz CT molecular complexity index is 517. The molecule has 1 unspecified atom stereocenters. The highest BCUT2D eigenvalue weighted by Crippen LogP contribution is 2.19. The lowest BCUT2D eigenvalue weighted by atomic mass is 10.0. The van der Waals surface area contributed by atoms with Crippen LogP contribution in [0.4, 0.5) is 0 Å². The van der Waals surface area contributed by atoms with E-state index in [1.807, 2.05) is 13.1 Å². The minimum atomic E-state index is -0.496. The van der Waals surface area contributed by atoms with Gasteiger partial charge in [-0.15, -0.1) is 0 Å². The molecule has 3 heteroatoms. The van der Waals surface area contributed by atoms with Crippen LogP contribution in [0.15, 0.2) is 30.5 Å². The van der Waals surface area contributed by atoms with Gasteiger partial charge in [0.05, 0.1) is 11.8 Å². The molecule has 1 aromatic carbocycles. The quantitative estimate of drug-likeness (QED) is 0.878. The molecule has 1 heterocycles. The Balaban J connectivity index is 2.16. The number of nitrogens with zero attached hydrogens (tertiary/aromatic N) is 2. The van der Waals surface area contributed by atoms with Crippen LogP contribution in [-0.2, 0) is 13.5 Å².